The number of rotatable bonds is 5. The van der Waals surface area contributed by atoms with E-state index in [1.807, 2.05) is 6.92 Å². The van der Waals surface area contributed by atoms with E-state index in [-0.39, 0.29) is 11.9 Å². The molecule has 0 bridgehead atoms. The summed E-state index contributed by atoms with van der Waals surface area (Å²) in [5.41, 5.74) is 2.55. The van der Waals surface area contributed by atoms with Gasteiger partial charge in [-0.2, -0.15) is 4.52 Å². The molecular formula is C21H29N5OS. The van der Waals surface area contributed by atoms with Crippen LogP contribution in [0.1, 0.15) is 54.6 Å². The van der Waals surface area contributed by atoms with E-state index < -0.39 is 0 Å². The van der Waals surface area contributed by atoms with Crippen LogP contribution in [0.4, 0.5) is 0 Å². The van der Waals surface area contributed by atoms with Gasteiger partial charge >= 0.3 is 0 Å². The van der Waals surface area contributed by atoms with Gasteiger partial charge in [-0.3, -0.25) is 4.90 Å². The molecule has 0 spiro atoms. The first-order chi connectivity index (χ1) is 13.5. The van der Waals surface area contributed by atoms with Crippen molar-refractivity contribution in [2.75, 3.05) is 32.7 Å². The van der Waals surface area contributed by atoms with E-state index >= 15 is 0 Å². The van der Waals surface area contributed by atoms with Gasteiger partial charge in [-0.1, -0.05) is 56.4 Å². The minimum atomic E-state index is 0.0222. The van der Waals surface area contributed by atoms with Crippen molar-refractivity contribution in [1.29, 1.82) is 0 Å². The summed E-state index contributed by atoms with van der Waals surface area (Å²) in [5.74, 6) is 1.41. The summed E-state index contributed by atoms with van der Waals surface area (Å²) in [6.45, 7) is 13.7. The van der Waals surface area contributed by atoms with Crippen LogP contribution in [0.2, 0.25) is 0 Å². The van der Waals surface area contributed by atoms with Crippen molar-refractivity contribution in [3.63, 3.8) is 0 Å². The molecule has 3 aromatic rings. The Balaban J connectivity index is 1.74. The highest BCUT2D eigenvalue weighted by Crippen LogP contribution is 2.40. The lowest BCUT2D eigenvalue weighted by Gasteiger charge is -2.38. The predicted molar refractivity (Wildman–Crippen MR) is 113 cm³/mol. The van der Waals surface area contributed by atoms with Crippen LogP contribution in [0.15, 0.2) is 24.3 Å². The first kappa shape index (κ1) is 19.4. The van der Waals surface area contributed by atoms with E-state index in [9.17, 15) is 5.11 Å². The van der Waals surface area contributed by atoms with Gasteiger partial charge in [0.2, 0.25) is 10.8 Å². The molecule has 2 aromatic heterocycles. The predicted octanol–water partition coefficient (Wildman–Crippen LogP) is 3.66. The molecule has 1 fully saturated rings. The zero-order valence-electron chi connectivity index (χ0n) is 17.1. The van der Waals surface area contributed by atoms with Gasteiger partial charge in [0, 0.05) is 26.2 Å². The van der Waals surface area contributed by atoms with Gasteiger partial charge in [0.1, 0.15) is 5.82 Å². The number of hydrogen-bond acceptors (Lipinski definition) is 6. The standard InChI is InChI=1S/C21H29N5OS/c1-5-24-10-12-25(13-11-24)18(17-8-6-16(7-9-17)14(2)3)19-20(27)26-21(28-19)22-15(4)23-26/h6-9,14,18,27H,5,10-13H2,1-4H3/t18-/m1/s1. The SMILES string of the molecule is CCN1CCN([C@H](c2ccc(C(C)C)cc2)c2sc3nc(C)nn3c2O)CC1. The normalized spacial score (nSPS) is 17.6. The first-order valence-electron chi connectivity index (χ1n) is 10.1. The summed E-state index contributed by atoms with van der Waals surface area (Å²) in [7, 11) is 0. The highest BCUT2D eigenvalue weighted by molar-refractivity contribution is 7.17. The van der Waals surface area contributed by atoms with Gasteiger partial charge in [-0.05, 0) is 30.5 Å². The minimum Gasteiger partial charge on any atom is -0.492 e. The minimum absolute atomic E-state index is 0.0222. The fraction of sp³-hybridized carbons (Fsp3) is 0.524. The lowest BCUT2D eigenvalue weighted by Crippen LogP contribution is -2.47. The van der Waals surface area contributed by atoms with Gasteiger partial charge < -0.3 is 10.0 Å². The Hall–Kier alpha value is -1.96. The van der Waals surface area contributed by atoms with Gasteiger partial charge in [0.25, 0.3) is 0 Å². The van der Waals surface area contributed by atoms with E-state index in [1.165, 1.54) is 11.1 Å². The maximum absolute atomic E-state index is 10.9. The number of hydrogen-bond donors (Lipinski definition) is 1. The van der Waals surface area contributed by atoms with Crippen LogP contribution < -0.4 is 0 Å². The molecule has 0 aliphatic carbocycles. The fourth-order valence-corrected chi connectivity index (χ4v) is 5.12. The molecule has 0 radical (unpaired) electrons. The van der Waals surface area contributed by atoms with Crippen LogP contribution in [0.5, 0.6) is 5.88 Å². The third-order valence-corrected chi connectivity index (χ3v) is 6.76. The van der Waals surface area contributed by atoms with Crippen molar-refractivity contribution in [2.45, 2.75) is 39.7 Å². The van der Waals surface area contributed by atoms with Crippen LogP contribution in [0.25, 0.3) is 4.96 Å². The molecule has 150 valence electrons. The molecule has 1 atom stereocenters. The monoisotopic (exact) mass is 399 g/mol. The molecule has 3 heterocycles. The third kappa shape index (κ3) is 3.54. The molecule has 1 aliphatic heterocycles. The Morgan fingerprint density at radius 1 is 1.07 bits per heavy atom. The van der Waals surface area contributed by atoms with Gasteiger partial charge in [0.05, 0.1) is 10.9 Å². The van der Waals surface area contributed by atoms with Crippen molar-refractivity contribution in [3.05, 3.63) is 46.1 Å². The topological polar surface area (TPSA) is 56.9 Å². The molecule has 1 saturated heterocycles. The summed E-state index contributed by atoms with van der Waals surface area (Å²) >= 11 is 1.54. The van der Waals surface area contributed by atoms with E-state index in [2.05, 4.69) is 64.9 Å². The second-order valence-corrected chi connectivity index (χ2v) is 8.85. The average molecular weight is 400 g/mol. The Morgan fingerprint density at radius 3 is 2.29 bits per heavy atom. The molecule has 0 amide bonds. The zero-order valence-corrected chi connectivity index (χ0v) is 17.9. The molecule has 1 N–H and O–H groups in total. The maximum Gasteiger partial charge on any atom is 0.230 e. The first-order valence-corrected chi connectivity index (χ1v) is 10.9. The molecular weight excluding hydrogens is 370 g/mol. The molecule has 6 nitrogen and oxygen atoms in total. The Labute approximate surface area is 170 Å². The molecule has 0 unspecified atom stereocenters. The maximum atomic E-state index is 10.9. The Bertz CT molecular complexity index is 938. The largest absolute Gasteiger partial charge is 0.492 e. The molecule has 1 aliphatic rings. The quantitative estimate of drug-likeness (QED) is 0.710. The summed E-state index contributed by atoms with van der Waals surface area (Å²) in [4.78, 5) is 11.1. The number of fused-ring (bicyclic) bond motifs is 1. The Morgan fingerprint density at radius 2 is 1.71 bits per heavy atom. The molecule has 28 heavy (non-hydrogen) atoms. The van der Waals surface area contributed by atoms with E-state index in [4.69, 9.17) is 0 Å². The lowest BCUT2D eigenvalue weighted by molar-refractivity contribution is 0.113. The van der Waals surface area contributed by atoms with E-state index in [0.29, 0.717) is 11.7 Å². The number of aromatic hydroxyl groups is 1. The Kier molecular flexibility index (Phi) is 5.40. The van der Waals surface area contributed by atoms with Crippen LogP contribution in [-0.4, -0.2) is 62.2 Å². The van der Waals surface area contributed by atoms with Gasteiger partial charge in [-0.15, -0.1) is 5.10 Å². The summed E-state index contributed by atoms with van der Waals surface area (Å²) < 4.78 is 1.58. The highest BCUT2D eigenvalue weighted by atomic mass is 32.1. The van der Waals surface area contributed by atoms with Crippen molar-refractivity contribution in [3.8, 4) is 5.88 Å². The molecule has 4 rings (SSSR count). The van der Waals surface area contributed by atoms with Crippen molar-refractivity contribution in [2.24, 2.45) is 0 Å². The summed E-state index contributed by atoms with van der Waals surface area (Å²) in [6.07, 6.45) is 0. The average Bonchev–Trinajstić information content (AvgIpc) is 3.20. The molecule has 7 heteroatoms. The third-order valence-electron chi connectivity index (χ3n) is 5.69. The van der Waals surface area contributed by atoms with Crippen LogP contribution in [0.3, 0.4) is 0 Å². The molecule has 0 saturated carbocycles. The van der Waals surface area contributed by atoms with E-state index in [0.717, 1.165) is 42.6 Å². The number of aromatic nitrogens is 3. The molecule has 1 aromatic carbocycles. The lowest BCUT2D eigenvalue weighted by atomic mass is 9.97. The second-order valence-electron chi connectivity index (χ2n) is 7.84. The van der Waals surface area contributed by atoms with Crippen molar-refractivity contribution in [1.82, 2.24) is 24.4 Å². The smallest absolute Gasteiger partial charge is 0.230 e. The van der Waals surface area contributed by atoms with Crippen molar-refractivity contribution < 1.29 is 5.11 Å². The van der Waals surface area contributed by atoms with Crippen molar-refractivity contribution >= 4 is 16.3 Å². The fourth-order valence-electron chi connectivity index (χ4n) is 3.96. The van der Waals surface area contributed by atoms with Crippen LogP contribution in [-0.2, 0) is 0 Å². The highest BCUT2D eigenvalue weighted by Gasteiger charge is 2.31. The number of likely N-dealkylation sites (N-methyl/N-ethyl adjacent to an activating group) is 1. The summed E-state index contributed by atoms with van der Waals surface area (Å²) in [5, 5.41) is 15.3. The van der Waals surface area contributed by atoms with Gasteiger partial charge in [0.15, 0.2) is 0 Å². The second kappa shape index (κ2) is 7.81. The van der Waals surface area contributed by atoms with E-state index in [1.54, 1.807) is 15.9 Å². The number of thiazole rings is 1. The zero-order chi connectivity index (χ0) is 19.8. The number of piperazine rings is 1. The van der Waals surface area contributed by atoms with Gasteiger partial charge in [-0.25, -0.2) is 4.98 Å². The number of benzene rings is 1. The van der Waals surface area contributed by atoms with Crippen LogP contribution >= 0.6 is 11.3 Å². The number of nitrogens with zero attached hydrogens (tertiary/aromatic N) is 5. The number of aryl methyl sites for hydroxylation is 1. The summed E-state index contributed by atoms with van der Waals surface area (Å²) in [6, 6.07) is 8.88. The van der Waals surface area contributed by atoms with Crippen LogP contribution in [0, 0.1) is 6.92 Å².